The number of nitroso groups, excluding NO2 is 1. The van der Waals surface area contributed by atoms with Crippen LogP contribution in [-0.2, 0) is 28.7 Å². The van der Waals surface area contributed by atoms with E-state index < -0.39 is 52.9 Å². The molecule has 0 aromatic rings. The van der Waals surface area contributed by atoms with E-state index in [2.05, 4.69) is 10.5 Å². The number of nitrogens with zero attached hydrogens (tertiary/aromatic N) is 2. The number of β-lactam (4-membered cyclic amide) rings is 1. The molecule has 12 heteroatoms. The molecule has 0 aromatic carbocycles. The zero-order chi connectivity index (χ0) is 21.2. The molecule has 2 aliphatic heterocycles. The lowest BCUT2D eigenvalue weighted by atomic mass is 9.99. The highest BCUT2D eigenvalue weighted by atomic mass is 32.2. The monoisotopic (exact) mass is 413 g/mol. The second kappa shape index (κ2) is 8.50. The number of fused-ring (bicyclic) bond motifs is 1. The summed E-state index contributed by atoms with van der Waals surface area (Å²) in [5.74, 6) is -4.78. The van der Waals surface area contributed by atoms with E-state index in [1.165, 1.54) is 32.5 Å². The van der Waals surface area contributed by atoms with Gasteiger partial charge in [0.2, 0.25) is 6.04 Å². The number of rotatable bonds is 8. The fraction of sp³-hybridized carbons (Fsp3) is 0.562. The minimum atomic E-state index is -1.77. The Bertz CT molecular complexity index is 778. The van der Waals surface area contributed by atoms with Gasteiger partial charge in [0.15, 0.2) is 5.78 Å². The molecule has 1 saturated heterocycles. The fourth-order valence-corrected chi connectivity index (χ4v) is 4.09. The van der Waals surface area contributed by atoms with Crippen LogP contribution in [0.15, 0.2) is 16.4 Å². The van der Waals surface area contributed by atoms with Gasteiger partial charge in [0, 0.05) is 24.2 Å². The quantitative estimate of drug-likeness (QED) is 0.234. The van der Waals surface area contributed by atoms with Crippen LogP contribution in [0.25, 0.3) is 0 Å². The van der Waals surface area contributed by atoms with Crippen molar-refractivity contribution in [1.29, 1.82) is 0 Å². The van der Waals surface area contributed by atoms with E-state index >= 15 is 0 Å². The van der Waals surface area contributed by atoms with E-state index in [1.54, 1.807) is 0 Å². The Kier molecular flexibility index (Phi) is 6.54. The molecule has 2 aliphatic rings. The molecule has 28 heavy (non-hydrogen) atoms. The van der Waals surface area contributed by atoms with E-state index in [0.717, 1.165) is 4.90 Å². The third-order valence-electron chi connectivity index (χ3n) is 4.19. The Balaban J connectivity index is 2.16. The number of esters is 1. The van der Waals surface area contributed by atoms with E-state index in [-0.39, 0.29) is 23.6 Å². The predicted octanol–water partition coefficient (Wildman–Crippen LogP) is -0.352. The van der Waals surface area contributed by atoms with Gasteiger partial charge in [-0.3, -0.25) is 24.1 Å². The summed E-state index contributed by atoms with van der Waals surface area (Å²) in [6.07, 6.45) is 0. The van der Waals surface area contributed by atoms with Crippen molar-refractivity contribution < 1.29 is 33.8 Å². The van der Waals surface area contributed by atoms with Crippen LogP contribution in [0.1, 0.15) is 20.8 Å². The molecule has 2 heterocycles. The van der Waals surface area contributed by atoms with Gasteiger partial charge >= 0.3 is 11.9 Å². The number of aliphatic carboxylic acids is 1. The standard InChI is InChI=1S/C16H19N3O8S/c1-6(2)12(21)9(18-26)13(22)17-10-14(23)19-11(16(24)25)8(4-27-7(3)20)5-28-15(10)19/h6,9-10,15H,4-5H2,1-3H3,(H,17,22)(H,24,25)/t9?,10-,15+/m1/s1. The van der Waals surface area contributed by atoms with Crippen molar-refractivity contribution in [2.75, 3.05) is 12.4 Å². The maximum Gasteiger partial charge on any atom is 0.352 e. The minimum Gasteiger partial charge on any atom is -0.477 e. The molecular formula is C16H19N3O8S. The van der Waals surface area contributed by atoms with Gasteiger partial charge in [0.25, 0.3) is 11.8 Å². The lowest BCUT2D eigenvalue weighted by Gasteiger charge is -2.49. The Hall–Kier alpha value is -2.76. The van der Waals surface area contributed by atoms with Crippen molar-refractivity contribution in [1.82, 2.24) is 10.2 Å². The number of carbonyl (C=O) groups excluding carboxylic acids is 4. The molecule has 0 bridgehead atoms. The lowest BCUT2D eigenvalue weighted by Crippen LogP contribution is -2.71. The van der Waals surface area contributed by atoms with Gasteiger partial charge in [-0.25, -0.2) is 4.79 Å². The summed E-state index contributed by atoms with van der Waals surface area (Å²) < 4.78 is 4.83. The van der Waals surface area contributed by atoms with Gasteiger partial charge in [0.05, 0.1) is 0 Å². The smallest absolute Gasteiger partial charge is 0.352 e. The van der Waals surface area contributed by atoms with Gasteiger partial charge in [-0.1, -0.05) is 13.8 Å². The summed E-state index contributed by atoms with van der Waals surface area (Å²) in [5.41, 5.74) is -0.0479. The molecule has 1 unspecified atom stereocenters. The number of thioether (sulfide) groups is 1. The molecule has 1 fully saturated rings. The summed E-state index contributed by atoms with van der Waals surface area (Å²) in [7, 11) is 0. The number of ketones is 1. The summed E-state index contributed by atoms with van der Waals surface area (Å²) in [4.78, 5) is 71.0. The first-order valence-electron chi connectivity index (χ1n) is 8.30. The van der Waals surface area contributed by atoms with Crippen molar-refractivity contribution in [3.63, 3.8) is 0 Å². The molecule has 0 aliphatic carbocycles. The van der Waals surface area contributed by atoms with Gasteiger partial charge < -0.3 is 15.2 Å². The average molecular weight is 413 g/mol. The van der Waals surface area contributed by atoms with Crippen LogP contribution in [0.3, 0.4) is 0 Å². The number of nitrogens with one attached hydrogen (secondary N) is 1. The van der Waals surface area contributed by atoms with Gasteiger partial charge in [-0.05, 0) is 5.18 Å². The van der Waals surface area contributed by atoms with Crippen molar-refractivity contribution >= 4 is 41.3 Å². The summed E-state index contributed by atoms with van der Waals surface area (Å²) >= 11 is 1.17. The topological polar surface area (TPSA) is 160 Å². The molecule has 2 rings (SSSR count). The van der Waals surface area contributed by atoms with Crippen molar-refractivity contribution in [3.05, 3.63) is 16.2 Å². The molecule has 2 N–H and O–H groups in total. The second-order valence-electron chi connectivity index (χ2n) is 6.50. The first-order valence-corrected chi connectivity index (χ1v) is 9.34. The van der Waals surface area contributed by atoms with Crippen LogP contribution in [0, 0.1) is 10.8 Å². The molecule has 0 saturated carbocycles. The predicted molar refractivity (Wildman–Crippen MR) is 95.7 cm³/mol. The highest BCUT2D eigenvalue weighted by molar-refractivity contribution is 8.00. The molecule has 152 valence electrons. The Labute approximate surface area is 163 Å². The van der Waals surface area contributed by atoms with Crippen molar-refractivity contribution in [3.8, 4) is 0 Å². The van der Waals surface area contributed by atoms with Gasteiger partial charge in [-0.2, -0.15) is 0 Å². The number of carbonyl (C=O) groups is 5. The normalized spacial score (nSPS) is 22.1. The first kappa shape index (κ1) is 21.5. The van der Waals surface area contributed by atoms with Crippen molar-refractivity contribution in [2.24, 2.45) is 11.1 Å². The third kappa shape index (κ3) is 4.06. The number of hydrogen-bond acceptors (Lipinski definition) is 9. The lowest BCUT2D eigenvalue weighted by molar-refractivity contribution is -0.151. The number of carboxylic acids is 1. The summed E-state index contributed by atoms with van der Waals surface area (Å²) in [6, 6.07) is -2.87. The van der Waals surface area contributed by atoms with E-state index in [9.17, 15) is 34.0 Å². The van der Waals surface area contributed by atoms with Crippen LogP contribution in [0.2, 0.25) is 0 Å². The number of hydrogen-bond donors (Lipinski definition) is 2. The molecule has 11 nitrogen and oxygen atoms in total. The summed E-state index contributed by atoms with van der Waals surface area (Å²) in [6.45, 7) is 3.93. The first-order chi connectivity index (χ1) is 13.1. The number of carboxylic acid groups (broad SMARTS) is 1. The van der Waals surface area contributed by atoms with Crippen LogP contribution in [0.4, 0.5) is 0 Å². The molecule has 0 aromatic heterocycles. The highest BCUT2D eigenvalue weighted by Gasteiger charge is 2.54. The van der Waals surface area contributed by atoms with Crippen LogP contribution in [-0.4, -0.2) is 69.4 Å². The number of amides is 2. The second-order valence-corrected chi connectivity index (χ2v) is 7.60. The zero-order valence-electron chi connectivity index (χ0n) is 15.3. The Morgan fingerprint density at radius 1 is 1.36 bits per heavy atom. The minimum absolute atomic E-state index is 0.163. The molecular weight excluding hydrogens is 394 g/mol. The molecule has 3 atom stereocenters. The fourth-order valence-electron chi connectivity index (χ4n) is 2.76. The largest absolute Gasteiger partial charge is 0.477 e. The molecule has 0 radical (unpaired) electrons. The zero-order valence-corrected chi connectivity index (χ0v) is 16.1. The van der Waals surface area contributed by atoms with Crippen molar-refractivity contribution in [2.45, 2.75) is 38.2 Å². The number of ether oxygens (including phenoxy) is 1. The molecule has 2 amide bonds. The molecule has 0 spiro atoms. The van der Waals surface area contributed by atoms with Crippen LogP contribution < -0.4 is 5.32 Å². The van der Waals surface area contributed by atoms with E-state index in [1.807, 2.05) is 0 Å². The van der Waals surface area contributed by atoms with Gasteiger partial charge in [-0.15, -0.1) is 16.7 Å². The van der Waals surface area contributed by atoms with Crippen LogP contribution in [0.5, 0.6) is 0 Å². The van der Waals surface area contributed by atoms with E-state index in [4.69, 9.17) is 4.74 Å². The van der Waals surface area contributed by atoms with Crippen LogP contribution >= 0.6 is 11.8 Å². The maximum absolute atomic E-state index is 12.4. The SMILES string of the molecule is CC(=O)OCC1=C(C(=O)O)N2C(=O)[C@@H](NC(=O)C(N=O)C(=O)C(C)C)[C@@H]2SC1. The Morgan fingerprint density at radius 2 is 2.00 bits per heavy atom. The third-order valence-corrected chi connectivity index (χ3v) is 5.53. The average Bonchev–Trinajstić information content (AvgIpc) is 2.63. The van der Waals surface area contributed by atoms with E-state index in [0.29, 0.717) is 0 Å². The highest BCUT2D eigenvalue weighted by Crippen LogP contribution is 2.40. The maximum atomic E-state index is 12.4. The summed E-state index contributed by atoms with van der Waals surface area (Å²) in [5, 5.41) is 13.6. The number of Topliss-reactive ketones (excluding diaryl/α,β-unsaturated/α-hetero) is 1. The Morgan fingerprint density at radius 3 is 2.50 bits per heavy atom. The van der Waals surface area contributed by atoms with Gasteiger partial charge in [0.1, 0.15) is 23.7 Å².